The molecule has 17 heavy (non-hydrogen) atoms. The van der Waals surface area contributed by atoms with Gasteiger partial charge >= 0.3 is 0 Å². The highest BCUT2D eigenvalue weighted by Gasteiger charge is 2.28. The molecular formula is C13H18N2O2. The SMILES string of the molecule is CC(=O)N1C[C@H](C(C)C)Nc2ccc(O)cc21. The molecule has 1 amide bonds. The van der Waals surface area contributed by atoms with E-state index >= 15 is 0 Å². The van der Waals surface area contributed by atoms with Crippen LogP contribution in [-0.4, -0.2) is 23.6 Å². The maximum absolute atomic E-state index is 11.7. The fourth-order valence-electron chi connectivity index (χ4n) is 2.08. The van der Waals surface area contributed by atoms with Gasteiger partial charge in [0.1, 0.15) is 5.75 Å². The summed E-state index contributed by atoms with van der Waals surface area (Å²) in [6.45, 7) is 6.45. The molecule has 1 heterocycles. The zero-order valence-electron chi connectivity index (χ0n) is 10.4. The van der Waals surface area contributed by atoms with Crippen molar-refractivity contribution in [2.45, 2.75) is 26.8 Å². The summed E-state index contributed by atoms with van der Waals surface area (Å²) in [5, 5.41) is 12.9. The quantitative estimate of drug-likeness (QED) is 0.732. The minimum absolute atomic E-state index is 0.00370. The Bertz CT molecular complexity index is 443. The number of fused-ring (bicyclic) bond motifs is 1. The molecule has 0 aromatic heterocycles. The van der Waals surface area contributed by atoms with Crippen molar-refractivity contribution in [2.24, 2.45) is 5.92 Å². The molecule has 1 aromatic rings. The Morgan fingerprint density at radius 1 is 1.53 bits per heavy atom. The second kappa shape index (κ2) is 4.28. The number of hydrogen-bond acceptors (Lipinski definition) is 3. The van der Waals surface area contributed by atoms with E-state index in [2.05, 4.69) is 19.2 Å². The third kappa shape index (κ3) is 2.20. The van der Waals surface area contributed by atoms with E-state index in [0.29, 0.717) is 12.5 Å². The van der Waals surface area contributed by atoms with Crippen LogP contribution < -0.4 is 10.2 Å². The molecule has 1 aromatic carbocycles. The van der Waals surface area contributed by atoms with Crippen LogP contribution in [0.3, 0.4) is 0 Å². The van der Waals surface area contributed by atoms with Crippen molar-refractivity contribution < 1.29 is 9.90 Å². The molecule has 2 rings (SSSR count). The molecule has 92 valence electrons. The molecule has 4 heteroatoms. The van der Waals surface area contributed by atoms with Crippen molar-refractivity contribution in [1.82, 2.24) is 0 Å². The van der Waals surface area contributed by atoms with E-state index in [-0.39, 0.29) is 17.7 Å². The van der Waals surface area contributed by atoms with Gasteiger partial charge in [-0.1, -0.05) is 13.8 Å². The van der Waals surface area contributed by atoms with E-state index in [1.54, 1.807) is 24.0 Å². The van der Waals surface area contributed by atoms with Crippen LogP contribution in [0.15, 0.2) is 18.2 Å². The Balaban J connectivity index is 2.42. The Labute approximate surface area is 101 Å². The second-order valence-corrected chi connectivity index (χ2v) is 4.83. The molecule has 0 aliphatic carbocycles. The van der Waals surface area contributed by atoms with E-state index in [0.717, 1.165) is 11.4 Å². The first kappa shape index (κ1) is 11.8. The van der Waals surface area contributed by atoms with E-state index in [1.807, 2.05) is 6.07 Å². The van der Waals surface area contributed by atoms with Crippen molar-refractivity contribution in [3.8, 4) is 5.75 Å². The third-order valence-electron chi connectivity index (χ3n) is 3.18. The fourth-order valence-corrected chi connectivity index (χ4v) is 2.08. The Kier molecular flexibility index (Phi) is 2.96. The summed E-state index contributed by atoms with van der Waals surface area (Å²) >= 11 is 0. The molecule has 0 spiro atoms. The summed E-state index contributed by atoms with van der Waals surface area (Å²) in [7, 11) is 0. The summed E-state index contributed by atoms with van der Waals surface area (Å²) in [6.07, 6.45) is 0. The van der Waals surface area contributed by atoms with Gasteiger partial charge in [0.25, 0.3) is 0 Å². The average Bonchev–Trinajstić information content (AvgIpc) is 2.27. The van der Waals surface area contributed by atoms with Gasteiger partial charge in [0.15, 0.2) is 0 Å². The lowest BCUT2D eigenvalue weighted by atomic mass is 10.00. The highest BCUT2D eigenvalue weighted by atomic mass is 16.3. The van der Waals surface area contributed by atoms with Crippen LogP contribution >= 0.6 is 0 Å². The Hall–Kier alpha value is -1.71. The summed E-state index contributed by atoms with van der Waals surface area (Å²) in [4.78, 5) is 13.4. The van der Waals surface area contributed by atoms with Gasteiger partial charge in [0.05, 0.1) is 11.4 Å². The molecule has 1 atom stereocenters. The van der Waals surface area contributed by atoms with Gasteiger partial charge in [-0.15, -0.1) is 0 Å². The molecule has 4 nitrogen and oxygen atoms in total. The number of nitrogens with one attached hydrogen (secondary N) is 1. The van der Waals surface area contributed by atoms with Crippen LogP contribution in [0.2, 0.25) is 0 Å². The van der Waals surface area contributed by atoms with Crippen LogP contribution in [0.25, 0.3) is 0 Å². The highest BCUT2D eigenvalue weighted by molar-refractivity contribution is 5.96. The number of benzene rings is 1. The van der Waals surface area contributed by atoms with E-state index in [1.165, 1.54) is 0 Å². The van der Waals surface area contributed by atoms with Gasteiger partial charge in [-0.3, -0.25) is 4.79 Å². The van der Waals surface area contributed by atoms with Gasteiger partial charge in [-0.2, -0.15) is 0 Å². The predicted molar refractivity (Wildman–Crippen MR) is 68.4 cm³/mol. The number of aromatic hydroxyl groups is 1. The molecule has 0 radical (unpaired) electrons. The molecule has 2 N–H and O–H groups in total. The van der Waals surface area contributed by atoms with E-state index < -0.39 is 0 Å². The lowest BCUT2D eigenvalue weighted by molar-refractivity contribution is -0.116. The zero-order chi connectivity index (χ0) is 12.6. The molecule has 0 bridgehead atoms. The summed E-state index contributed by atoms with van der Waals surface area (Å²) < 4.78 is 0. The average molecular weight is 234 g/mol. The summed E-state index contributed by atoms with van der Waals surface area (Å²) in [5.41, 5.74) is 1.66. The number of phenolic OH excluding ortho intramolecular Hbond substituents is 1. The summed E-state index contributed by atoms with van der Waals surface area (Å²) in [6, 6.07) is 5.32. The third-order valence-corrected chi connectivity index (χ3v) is 3.18. The first-order valence-corrected chi connectivity index (χ1v) is 5.86. The van der Waals surface area contributed by atoms with Crippen LogP contribution in [0.4, 0.5) is 11.4 Å². The molecular weight excluding hydrogens is 216 g/mol. The number of anilines is 2. The van der Waals surface area contributed by atoms with Crippen LogP contribution in [0.1, 0.15) is 20.8 Å². The molecule has 1 aliphatic rings. The van der Waals surface area contributed by atoms with Gasteiger partial charge in [0, 0.05) is 25.6 Å². The number of carbonyl (C=O) groups excluding carboxylic acids is 1. The minimum atomic E-state index is 0.00370. The smallest absolute Gasteiger partial charge is 0.223 e. The highest BCUT2D eigenvalue weighted by Crippen LogP contribution is 2.35. The van der Waals surface area contributed by atoms with Crippen molar-refractivity contribution in [3.05, 3.63) is 18.2 Å². The minimum Gasteiger partial charge on any atom is -0.508 e. The molecule has 1 aliphatic heterocycles. The van der Waals surface area contributed by atoms with Crippen LogP contribution in [-0.2, 0) is 4.79 Å². The number of rotatable bonds is 1. The number of phenols is 1. The standard InChI is InChI=1S/C13H18N2O2/c1-8(2)12-7-15(9(3)16)13-6-10(17)4-5-11(13)14-12/h4-6,8,12,14,17H,7H2,1-3H3/t12-/m1/s1. The molecule has 0 unspecified atom stereocenters. The maximum atomic E-state index is 11.7. The number of carbonyl (C=O) groups is 1. The van der Waals surface area contributed by atoms with Gasteiger partial charge < -0.3 is 15.3 Å². The zero-order valence-corrected chi connectivity index (χ0v) is 10.4. The largest absolute Gasteiger partial charge is 0.508 e. The maximum Gasteiger partial charge on any atom is 0.223 e. The Morgan fingerprint density at radius 3 is 2.82 bits per heavy atom. The summed E-state index contributed by atoms with van der Waals surface area (Å²) in [5.74, 6) is 0.627. The number of nitrogens with zero attached hydrogens (tertiary/aromatic N) is 1. The topological polar surface area (TPSA) is 52.6 Å². The van der Waals surface area contributed by atoms with Gasteiger partial charge in [-0.25, -0.2) is 0 Å². The van der Waals surface area contributed by atoms with Crippen LogP contribution in [0, 0.1) is 5.92 Å². The van der Waals surface area contributed by atoms with E-state index in [4.69, 9.17) is 0 Å². The predicted octanol–water partition coefficient (Wildman–Crippen LogP) is 2.20. The van der Waals surface area contributed by atoms with Gasteiger partial charge in [-0.05, 0) is 18.1 Å². The first-order valence-electron chi connectivity index (χ1n) is 5.86. The molecule has 0 saturated carbocycles. The van der Waals surface area contributed by atoms with Crippen molar-refractivity contribution in [2.75, 3.05) is 16.8 Å². The van der Waals surface area contributed by atoms with Crippen LogP contribution in [0.5, 0.6) is 5.75 Å². The Morgan fingerprint density at radius 2 is 2.24 bits per heavy atom. The van der Waals surface area contributed by atoms with Crippen molar-refractivity contribution in [3.63, 3.8) is 0 Å². The first-order chi connectivity index (χ1) is 7.99. The van der Waals surface area contributed by atoms with Gasteiger partial charge in [0.2, 0.25) is 5.91 Å². The van der Waals surface area contributed by atoms with E-state index in [9.17, 15) is 9.90 Å². The lowest BCUT2D eigenvalue weighted by Crippen LogP contribution is -2.46. The second-order valence-electron chi connectivity index (χ2n) is 4.83. The molecule has 0 saturated heterocycles. The lowest BCUT2D eigenvalue weighted by Gasteiger charge is -2.37. The fraction of sp³-hybridized carbons (Fsp3) is 0.462. The molecule has 0 fully saturated rings. The number of hydrogen-bond donors (Lipinski definition) is 2. The monoisotopic (exact) mass is 234 g/mol. The van der Waals surface area contributed by atoms with Crippen molar-refractivity contribution >= 4 is 17.3 Å². The van der Waals surface area contributed by atoms with Crippen molar-refractivity contribution in [1.29, 1.82) is 0 Å². The normalized spacial score (nSPS) is 18.8. The number of amides is 1.